The Morgan fingerprint density at radius 1 is 1.00 bits per heavy atom. The van der Waals surface area contributed by atoms with Gasteiger partial charge in [-0.15, -0.1) is 0 Å². The van der Waals surface area contributed by atoms with E-state index in [9.17, 15) is 4.79 Å². The Morgan fingerprint density at radius 3 is 2.67 bits per heavy atom. The number of likely N-dealkylation sites (tertiary alicyclic amines) is 1. The van der Waals surface area contributed by atoms with E-state index >= 15 is 0 Å². The molecular formula is C21H24N2O. The minimum atomic E-state index is 0.250. The quantitative estimate of drug-likeness (QED) is 0.863. The number of carbonyl (C=O) groups is 1. The van der Waals surface area contributed by atoms with Gasteiger partial charge >= 0.3 is 0 Å². The van der Waals surface area contributed by atoms with Crippen LogP contribution in [0.5, 0.6) is 0 Å². The summed E-state index contributed by atoms with van der Waals surface area (Å²) in [5.74, 6) is 0.250. The van der Waals surface area contributed by atoms with Crippen LogP contribution < -0.4 is 4.90 Å². The third kappa shape index (κ3) is 3.09. The van der Waals surface area contributed by atoms with Crippen LogP contribution in [0.25, 0.3) is 0 Å². The van der Waals surface area contributed by atoms with Gasteiger partial charge in [-0.2, -0.15) is 0 Å². The molecule has 24 heavy (non-hydrogen) atoms. The molecule has 3 heteroatoms. The zero-order chi connectivity index (χ0) is 16.4. The Balaban J connectivity index is 1.42. The number of nitrogens with zero attached hydrogens (tertiary/aromatic N) is 2. The fourth-order valence-corrected chi connectivity index (χ4v) is 4.08. The minimum absolute atomic E-state index is 0.250. The Kier molecular flexibility index (Phi) is 4.35. The van der Waals surface area contributed by atoms with Crippen molar-refractivity contribution < 1.29 is 4.79 Å². The van der Waals surface area contributed by atoms with Gasteiger partial charge in [0.1, 0.15) is 0 Å². The maximum Gasteiger partial charge on any atom is 0.241 e. The third-order valence-corrected chi connectivity index (χ3v) is 5.34. The number of carbonyl (C=O) groups excluding carboxylic acids is 1. The van der Waals surface area contributed by atoms with Crippen LogP contribution in [0.3, 0.4) is 0 Å². The first-order chi connectivity index (χ1) is 11.8. The minimum Gasteiger partial charge on any atom is -0.311 e. The van der Waals surface area contributed by atoms with Crippen molar-refractivity contribution in [3.05, 3.63) is 65.7 Å². The summed E-state index contributed by atoms with van der Waals surface area (Å²) in [5, 5.41) is 0. The molecule has 2 aliphatic rings. The monoisotopic (exact) mass is 320 g/mol. The van der Waals surface area contributed by atoms with Crippen LogP contribution in [0.1, 0.15) is 24.0 Å². The van der Waals surface area contributed by atoms with E-state index in [1.165, 1.54) is 24.0 Å². The molecule has 0 radical (unpaired) electrons. The molecule has 1 fully saturated rings. The lowest BCUT2D eigenvalue weighted by Crippen LogP contribution is -2.42. The molecule has 0 bridgehead atoms. The van der Waals surface area contributed by atoms with Gasteiger partial charge in [-0.3, -0.25) is 9.69 Å². The molecule has 0 aromatic heterocycles. The SMILES string of the molecule is O=C(CN1CCCC1Cc1ccccc1)N1CCc2ccccc21. The zero-order valence-electron chi connectivity index (χ0n) is 14.0. The van der Waals surface area contributed by atoms with Crippen LogP contribution in [0.2, 0.25) is 0 Å². The number of para-hydroxylation sites is 1. The molecule has 0 N–H and O–H groups in total. The van der Waals surface area contributed by atoms with E-state index in [1.807, 2.05) is 11.0 Å². The van der Waals surface area contributed by atoms with E-state index in [4.69, 9.17) is 0 Å². The summed E-state index contributed by atoms with van der Waals surface area (Å²) in [6, 6.07) is 19.4. The van der Waals surface area contributed by atoms with Crippen molar-refractivity contribution in [3.63, 3.8) is 0 Å². The second kappa shape index (κ2) is 6.78. The van der Waals surface area contributed by atoms with E-state index in [1.54, 1.807) is 0 Å². The molecule has 3 nitrogen and oxygen atoms in total. The van der Waals surface area contributed by atoms with Gasteiger partial charge in [0.15, 0.2) is 0 Å². The number of fused-ring (bicyclic) bond motifs is 1. The average molecular weight is 320 g/mol. The summed E-state index contributed by atoms with van der Waals surface area (Å²) in [4.78, 5) is 17.2. The highest BCUT2D eigenvalue weighted by Gasteiger charge is 2.30. The van der Waals surface area contributed by atoms with Crippen molar-refractivity contribution in [1.29, 1.82) is 0 Å². The highest BCUT2D eigenvalue weighted by Crippen LogP contribution is 2.28. The summed E-state index contributed by atoms with van der Waals surface area (Å²) in [6.07, 6.45) is 4.42. The van der Waals surface area contributed by atoms with Gasteiger partial charge in [0.25, 0.3) is 0 Å². The number of hydrogen-bond donors (Lipinski definition) is 0. The smallest absolute Gasteiger partial charge is 0.241 e. The number of anilines is 1. The fourth-order valence-electron chi connectivity index (χ4n) is 4.08. The summed E-state index contributed by atoms with van der Waals surface area (Å²) >= 11 is 0. The first kappa shape index (κ1) is 15.4. The Labute approximate surface area is 143 Å². The molecule has 2 heterocycles. The second-order valence-electron chi connectivity index (χ2n) is 6.88. The Bertz CT molecular complexity index is 713. The normalized spacial score (nSPS) is 20.3. The van der Waals surface area contributed by atoms with Gasteiger partial charge in [0, 0.05) is 18.3 Å². The van der Waals surface area contributed by atoms with Crippen molar-refractivity contribution in [3.8, 4) is 0 Å². The molecule has 4 rings (SSSR count). The van der Waals surface area contributed by atoms with Crippen molar-refractivity contribution in [2.75, 3.05) is 24.5 Å². The Hall–Kier alpha value is -2.13. The van der Waals surface area contributed by atoms with Crippen LogP contribution in [0.4, 0.5) is 5.69 Å². The first-order valence-electron chi connectivity index (χ1n) is 8.97. The molecule has 1 saturated heterocycles. The number of hydrogen-bond acceptors (Lipinski definition) is 2. The molecule has 2 aromatic carbocycles. The molecule has 0 aliphatic carbocycles. The van der Waals surface area contributed by atoms with E-state index in [2.05, 4.69) is 53.4 Å². The molecule has 1 atom stereocenters. The molecule has 0 saturated carbocycles. The van der Waals surface area contributed by atoms with E-state index in [0.717, 1.165) is 31.6 Å². The fraction of sp³-hybridized carbons (Fsp3) is 0.381. The standard InChI is InChI=1S/C21H24N2O/c24-21(23-14-12-18-9-4-5-11-20(18)23)16-22-13-6-10-19(22)15-17-7-2-1-3-8-17/h1-5,7-9,11,19H,6,10,12-16H2. The van der Waals surface area contributed by atoms with Crippen molar-refractivity contribution in [2.24, 2.45) is 0 Å². The van der Waals surface area contributed by atoms with Gasteiger partial charge in [0.05, 0.1) is 6.54 Å². The average Bonchev–Trinajstić information content (AvgIpc) is 3.23. The maximum atomic E-state index is 12.8. The third-order valence-electron chi connectivity index (χ3n) is 5.34. The summed E-state index contributed by atoms with van der Waals surface area (Å²) in [6.45, 7) is 2.42. The molecule has 124 valence electrons. The number of rotatable bonds is 4. The predicted octanol–water partition coefficient (Wildman–Crippen LogP) is 3.28. The largest absolute Gasteiger partial charge is 0.311 e. The van der Waals surface area contributed by atoms with E-state index < -0.39 is 0 Å². The Morgan fingerprint density at radius 2 is 1.79 bits per heavy atom. The highest BCUT2D eigenvalue weighted by molar-refractivity contribution is 5.96. The van der Waals surface area contributed by atoms with Crippen LogP contribution in [-0.2, 0) is 17.6 Å². The molecule has 2 aliphatic heterocycles. The topological polar surface area (TPSA) is 23.6 Å². The summed E-state index contributed by atoms with van der Waals surface area (Å²) in [5.41, 5.74) is 3.78. The molecule has 1 unspecified atom stereocenters. The zero-order valence-corrected chi connectivity index (χ0v) is 14.0. The van der Waals surface area contributed by atoms with Crippen LogP contribution in [0, 0.1) is 0 Å². The maximum absolute atomic E-state index is 12.8. The van der Waals surface area contributed by atoms with Crippen molar-refractivity contribution in [1.82, 2.24) is 4.90 Å². The summed E-state index contributed by atoms with van der Waals surface area (Å²) in [7, 11) is 0. The van der Waals surface area contributed by atoms with E-state index in [0.29, 0.717) is 12.6 Å². The van der Waals surface area contributed by atoms with Gasteiger partial charge in [0.2, 0.25) is 5.91 Å². The van der Waals surface area contributed by atoms with Gasteiger partial charge in [-0.1, -0.05) is 48.5 Å². The van der Waals surface area contributed by atoms with Crippen LogP contribution >= 0.6 is 0 Å². The van der Waals surface area contributed by atoms with Crippen molar-refractivity contribution in [2.45, 2.75) is 31.7 Å². The number of benzene rings is 2. The lowest BCUT2D eigenvalue weighted by molar-refractivity contribution is -0.119. The van der Waals surface area contributed by atoms with E-state index in [-0.39, 0.29) is 5.91 Å². The van der Waals surface area contributed by atoms with Crippen LogP contribution in [-0.4, -0.2) is 36.5 Å². The van der Waals surface area contributed by atoms with Gasteiger partial charge in [-0.05, 0) is 49.4 Å². The number of amides is 1. The lowest BCUT2D eigenvalue weighted by atomic mass is 10.0. The van der Waals surface area contributed by atoms with Crippen LogP contribution in [0.15, 0.2) is 54.6 Å². The van der Waals surface area contributed by atoms with Crippen molar-refractivity contribution >= 4 is 11.6 Å². The molecular weight excluding hydrogens is 296 g/mol. The second-order valence-corrected chi connectivity index (χ2v) is 6.88. The summed E-state index contributed by atoms with van der Waals surface area (Å²) < 4.78 is 0. The highest BCUT2D eigenvalue weighted by atomic mass is 16.2. The molecule has 0 spiro atoms. The van der Waals surface area contributed by atoms with Gasteiger partial charge < -0.3 is 4.90 Å². The predicted molar refractivity (Wildman–Crippen MR) is 97.2 cm³/mol. The molecule has 1 amide bonds. The first-order valence-corrected chi connectivity index (χ1v) is 8.97. The van der Waals surface area contributed by atoms with Gasteiger partial charge in [-0.25, -0.2) is 0 Å². The lowest BCUT2D eigenvalue weighted by Gasteiger charge is -2.27. The molecule has 2 aromatic rings.